The van der Waals surface area contributed by atoms with Gasteiger partial charge in [0, 0.05) is 61.3 Å². The number of amides is 1. The Balaban J connectivity index is 1.26. The van der Waals surface area contributed by atoms with Gasteiger partial charge in [-0.15, -0.1) is 0 Å². The van der Waals surface area contributed by atoms with E-state index < -0.39 is 0 Å². The highest BCUT2D eigenvalue weighted by Gasteiger charge is 2.18. The Morgan fingerprint density at radius 2 is 1.80 bits per heavy atom. The van der Waals surface area contributed by atoms with E-state index in [0.717, 1.165) is 72.9 Å². The van der Waals surface area contributed by atoms with E-state index >= 15 is 0 Å². The van der Waals surface area contributed by atoms with Crippen LogP contribution in [0, 0.1) is 0 Å². The number of ether oxygens (including phenoxy) is 1. The number of rotatable bonds is 5. The quantitative estimate of drug-likeness (QED) is 0.460. The third-order valence-electron chi connectivity index (χ3n) is 6.64. The highest BCUT2D eigenvalue weighted by Crippen LogP contribution is 2.28. The number of aromatic nitrogens is 4. The minimum Gasteiger partial charge on any atom is -0.378 e. The molecule has 2 N–H and O–H groups in total. The zero-order chi connectivity index (χ0) is 23.6. The van der Waals surface area contributed by atoms with Crippen LogP contribution in [0.15, 0.2) is 55.0 Å². The van der Waals surface area contributed by atoms with Gasteiger partial charge in [-0.05, 0) is 42.7 Å². The molecule has 2 saturated heterocycles. The summed E-state index contributed by atoms with van der Waals surface area (Å²) in [5, 5.41) is 11.1. The molecule has 0 atom stereocenters. The van der Waals surface area contributed by atoms with E-state index in [1.54, 1.807) is 12.3 Å². The van der Waals surface area contributed by atoms with Gasteiger partial charge in [0.2, 0.25) is 0 Å². The van der Waals surface area contributed by atoms with E-state index in [1.165, 1.54) is 12.8 Å². The first kappa shape index (κ1) is 21.5. The maximum atomic E-state index is 13.2. The van der Waals surface area contributed by atoms with E-state index in [2.05, 4.69) is 41.3 Å². The molecular weight excluding hydrogens is 442 g/mol. The summed E-state index contributed by atoms with van der Waals surface area (Å²) in [7, 11) is 0. The molecule has 5 heterocycles. The predicted octanol–water partition coefficient (Wildman–Crippen LogP) is 3.71. The maximum Gasteiger partial charge on any atom is 0.276 e. The van der Waals surface area contributed by atoms with Crippen molar-refractivity contribution in [3.63, 3.8) is 0 Å². The van der Waals surface area contributed by atoms with Crippen LogP contribution in [-0.2, 0) is 4.74 Å². The fraction of sp³-hybridized carbons (Fsp3) is 0.308. The maximum absolute atomic E-state index is 13.2. The summed E-state index contributed by atoms with van der Waals surface area (Å²) in [4.78, 5) is 26.6. The molecular formula is C26H27N7O2. The summed E-state index contributed by atoms with van der Waals surface area (Å²) in [6.45, 7) is 5.15. The Kier molecular flexibility index (Phi) is 5.75. The molecule has 178 valence electrons. The minimum absolute atomic E-state index is 0.257. The number of H-pyrrole nitrogens is 1. The Morgan fingerprint density at radius 1 is 0.943 bits per heavy atom. The molecule has 2 aliphatic heterocycles. The largest absolute Gasteiger partial charge is 0.378 e. The SMILES string of the molecule is O=C(Nc1ccnc(N2CCCC2)c1)c1n[nH]c2ccc(-c3cncc(N4CCOCC4)c3)cc12. The van der Waals surface area contributed by atoms with Gasteiger partial charge in [-0.25, -0.2) is 4.98 Å². The van der Waals surface area contributed by atoms with Crippen molar-refractivity contribution in [3.05, 3.63) is 60.7 Å². The van der Waals surface area contributed by atoms with E-state index in [-0.39, 0.29) is 5.91 Å². The molecule has 9 nitrogen and oxygen atoms in total. The van der Waals surface area contributed by atoms with Gasteiger partial charge in [-0.1, -0.05) is 6.07 Å². The van der Waals surface area contributed by atoms with Crippen LogP contribution in [0.1, 0.15) is 23.3 Å². The van der Waals surface area contributed by atoms with E-state index in [1.807, 2.05) is 36.7 Å². The number of hydrogen-bond acceptors (Lipinski definition) is 7. The minimum atomic E-state index is -0.257. The fourth-order valence-electron chi connectivity index (χ4n) is 4.75. The average Bonchev–Trinajstić information content (AvgIpc) is 3.60. The number of carbonyl (C=O) groups is 1. The van der Waals surface area contributed by atoms with Crippen molar-refractivity contribution in [2.45, 2.75) is 12.8 Å². The molecule has 35 heavy (non-hydrogen) atoms. The second kappa shape index (κ2) is 9.34. The molecule has 4 aromatic rings. The molecule has 6 rings (SSSR count). The average molecular weight is 470 g/mol. The third kappa shape index (κ3) is 4.42. The first-order chi connectivity index (χ1) is 17.2. The number of fused-ring (bicyclic) bond motifs is 1. The number of carbonyl (C=O) groups excluding carboxylic acids is 1. The summed E-state index contributed by atoms with van der Waals surface area (Å²) >= 11 is 0. The lowest BCUT2D eigenvalue weighted by atomic mass is 10.0. The number of aromatic amines is 1. The first-order valence-electron chi connectivity index (χ1n) is 12.0. The number of morpholine rings is 1. The Hall–Kier alpha value is -3.98. The van der Waals surface area contributed by atoms with Crippen molar-refractivity contribution in [2.24, 2.45) is 0 Å². The fourth-order valence-corrected chi connectivity index (χ4v) is 4.75. The molecule has 9 heteroatoms. The molecule has 0 saturated carbocycles. The van der Waals surface area contributed by atoms with Crippen LogP contribution in [0.2, 0.25) is 0 Å². The number of hydrogen-bond donors (Lipinski definition) is 2. The smallest absolute Gasteiger partial charge is 0.276 e. The normalized spacial score (nSPS) is 16.1. The molecule has 2 fully saturated rings. The number of nitrogens with zero attached hydrogens (tertiary/aromatic N) is 5. The lowest BCUT2D eigenvalue weighted by molar-refractivity contribution is 0.102. The van der Waals surface area contributed by atoms with Crippen molar-refractivity contribution in [3.8, 4) is 11.1 Å². The van der Waals surface area contributed by atoms with E-state index in [9.17, 15) is 4.79 Å². The second-order valence-corrected chi connectivity index (χ2v) is 8.91. The van der Waals surface area contributed by atoms with Gasteiger partial charge in [0.1, 0.15) is 5.82 Å². The van der Waals surface area contributed by atoms with Crippen LogP contribution in [0.25, 0.3) is 22.0 Å². The Morgan fingerprint density at radius 3 is 2.66 bits per heavy atom. The second-order valence-electron chi connectivity index (χ2n) is 8.91. The predicted molar refractivity (Wildman–Crippen MR) is 136 cm³/mol. The zero-order valence-electron chi connectivity index (χ0n) is 19.4. The molecule has 0 unspecified atom stereocenters. The number of anilines is 3. The van der Waals surface area contributed by atoms with Gasteiger partial charge >= 0.3 is 0 Å². The first-order valence-corrected chi connectivity index (χ1v) is 12.0. The lowest BCUT2D eigenvalue weighted by Crippen LogP contribution is -2.36. The molecule has 2 aliphatic rings. The molecule has 0 radical (unpaired) electrons. The van der Waals surface area contributed by atoms with Gasteiger partial charge in [0.25, 0.3) is 5.91 Å². The van der Waals surface area contributed by atoms with E-state index in [0.29, 0.717) is 11.4 Å². The summed E-state index contributed by atoms with van der Waals surface area (Å²) in [5.41, 5.74) is 4.93. The molecule has 0 spiro atoms. The third-order valence-corrected chi connectivity index (χ3v) is 6.64. The van der Waals surface area contributed by atoms with Crippen LogP contribution in [0.4, 0.5) is 17.2 Å². The molecule has 3 aromatic heterocycles. The highest BCUT2D eigenvalue weighted by atomic mass is 16.5. The molecule has 0 bridgehead atoms. The Bertz CT molecular complexity index is 1360. The van der Waals surface area contributed by atoms with Crippen molar-refractivity contribution in [2.75, 3.05) is 54.5 Å². The van der Waals surface area contributed by atoms with Gasteiger partial charge in [-0.3, -0.25) is 14.9 Å². The highest BCUT2D eigenvalue weighted by molar-refractivity contribution is 6.11. The van der Waals surface area contributed by atoms with Gasteiger partial charge in [0.05, 0.1) is 30.6 Å². The van der Waals surface area contributed by atoms with E-state index in [4.69, 9.17) is 4.74 Å². The standard InChI is InChI=1S/C26H27N7O2/c34-26(29-20-5-6-28-24(15-20)33-7-1-2-8-33)25-22-14-18(3-4-23(22)30-31-25)19-13-21(17-27-16-19)32-9-11-35-12-10-32/h3-6,13-17H,1-2,7-12H2,(H,30,31)(H,28,29,34). The number of pyridine rings is 2. The van der Waals surface area contributed by atoms with Crippen LogP contribution >= 0.6 is 0 Å². The molecule has 1 amide bonds. The lowest BCUT2D eigenvalue weighted by Gasteiger charge is -2.28. The van der Waals surface area contributed by atoms with Crippen molar-refractivity contribution >= 4 is 34.0 Å². The summed E-state index contributed by atoms with van der Waals surface area (Å²) in [6.07, 6.45) is 7.81. The van der Waals surface area contributed by atoms with Crippen LogP contribution in [0.5, 0.6) is 0 Å². The molecule has 0 aliphatic carbocycles. The van der Waals surface area contributed by atoms with Gasteiger partial charge < -0.3 is 19.9 Å². The van der Waals surface area contributed by atoms with Crippen molar-refractivity contribution in [1.29, 1.82) is 0 Å². The zero-order valence-corrected chi connectivity index (χ0v) is 19.4. The van der Waals surface area contributed by atoms with Gasteiger partial charge in [-0.2, -0.15) is 5.10 Å². The van der Waals surface area contributed by atoms with Gasteiger partial charge in [0.15, 0.2) is 5.69 Å². The molecule has 1 aromatic carbocycles. The summed E-state index contributed by atoms with van der Waals surface area (Å²) in [6, 6.07) is 11.8. The monoisotopic (exact) mass is 469 g/mol. The number of benzene rings is 1. The van der Waals surface area contributed by atoms with Crippen molar-refractivity contribution in [1.82, 2.24) is 20.2 Å². The topological polar surface area (TPSA) is 99.3 Å². The van der Waals surface area contributed by atoms with Crippen LogP contribution in [-0.4, -0.2) is 65.5 Å². The van der Waals surface area contributed by atoms with Crippen molar-refractivity contribution < 1.29 is 9.53 Å². The summed E-state index contributed by atoms with van der Waals surface area (Å²) < 4.78 is 5.47. The van der Waals surface area contributed by atoms with Crippen LogP contribution < -0.4 is 15.1 Å². The van der Waals surface area contributed by atoms with Crippen LogP contribution in [0.3, 0.4) is 0 Å². The number of nitrogens with one attached hydrogen (secondary N) is 2. The summed E-state index contributed by atoms with van der Waals surface area (Å²) in [5.74, 6) is 0.634. The Labute approximate surface area is 203 Å².